The fraction of sp³-hybridized carbons (Fsp3) is 0.261. The molecule has 0 unspecified atom stereocenters. The molecule has 1 amide bonds. The number of hydrogen-bond donors (Lipinski definition) is 1. The second kappa shape index (κ2) is 9.86. The van der Waals surface area contributed by atoms with Crippen molar-refractivity contribution in [2.45, 2.75) is 27.2 Å². The lowest BCUT2D eigenvalue weighted by Crippen LogP contribution is -2.22. The van der Waals surface area contributed by atoms with Gasteiger partial charge in [-0.25, -0.2) is 4.79 Å². The van der Waals surface area contributed by atoms with Crippen molar-refractivity contribution < 1.29 is 24.0 Å². The third-order valence-electron chi connectivity index (χ3n) is 4.86. The van der Waals surface area contributed by atoms with Crippen LogP contribution in [-0.4, -0.2) is 35.0 Å². The molecule has 3 aromatic rings. The Morgan fingerprint density at radius 3 is 2.59 bits per heavy atom. The molecule has 1 N–H and O–H groups in total. The molecule has 32 heavy (non-hydrogen) atoms. The summed E-state index contributed by atoms with van der Waals surface area (Å²) >= 11 is 0. The topological polar surface area (TPSA) is 121 Å². The summed E-state index contributed by atoms with van der Waals surface area (Å²) in [6.07, 6.45) is 0.638. The minimum atomic E-state index is -0.697. The van der Waals surface area contributed by atoms with Gasteiger partial charge in [0.15, 0.2) is 6.61 Å². The molecule has 9 heteroatoms. The van der Waals surface area contributed by atoms with E-state index in [1.807, 2.05) is 19.1 Å². The Balaban J connectivity index is 1.77. The van der Waals surface area contributed by atoms with E-state index in [1.54, 1.807) is 26.0 Å². The average molecular weight is 437 g/mol. The molecule has 1 aromatic heterocycles. The summed E-state index contributed by atoms with van der Waals surface area (Å²) in [5, 5.41) is 14.4. The van der Waals surface area contributed by atoms with E-state index in [-0.39, 0.29) is 11.4 Å². The highest BCUT2D eigenvalue weighted by Gasteiger charge is 2.21. The van der Waals surface area contributed by atoms with Gasteiger partial charge in [-0.3, -0.25) is 19.9 Å². The average Bonchev–Trinajstić information content (AvgIpc) is 2.78. The van der Waals surface area contributed by atoms with Crippen molar-refractivity contribution in [1.29, 1.82) is 0 Å². The molecule has 0 aliphatic rings. The number of pyridine rings is 1. The monoisotopic (exact) mass is 437 g/mol. The number of aryl methyl sites for hydroxylation is 1. The maximum atomic E-state index is 12.8. The second-order valence-electron chi connectivity index (χ2n) is 6.92. The fourth-order valence-corrected chi connectivity index (χ4v) is 3.38. The number of hydrogen-bond acceptors (Lipinski definition) is 7. The van der Waals surface area contributed by atoms with Crippen molar-refractivity contribution in [1.82, 2.24) is 4.98 Å². The highest BCUT2D eigenvalue weighted by Crippen LogP contribution is 2.29. The summed E-state index contributed by atoms with van der Waals surface area (Å²) in [6, 6.07) is 11.3. The number of nitrogens with zero attached hydrogens (tertiary/aromatic N) is 2. The Kier molecular flexibility index (Phi) is 6.99. The van der Waals surface area contributed by atoms with E-state index in [1.165, 1.54) is 18.2 Å². The Hall–Kier alpha value is -4.01. The minimum Gasteiger partial charge on any atom is -0.494 e. The van der Waals surface area contributed by atoms with Crippen LogP contribution in [0.5, 0.6) is 5.75 Å². The molecule has 0 bridgehead atoms. The number of para-hydroxylation sites is 1. The zero-order chi connectivity index (χ0) is 23.3. The van der Waals surface area contributed by atoms with Crippen LogP contribution in [0.4, 0.5) is 11.4 Å². The van der Waals surface area contributed by atoms with Gasteiger partial charge < -0.3 is 14.8 Å². The van der Waals surface area contributed by atoms with Crippen molar-refractivity contribution in [2.75, 3.05) is 18.5 Å². The highest BCUT2D eigenvalue weighted by molar-refractivity contribution is 6.06. The van der Waals surface area contributed by atoms with Crippen LogP contribution < -0.4 is 10.1 Å². The first-order valence-electron chi connectivity index (χ1n) is 10.1. The second-order valence-corrected chi connectivity index (χ2v) is 6.92. The lowest BCUT2D eigenvalue weighted by Gasteiger charge is -2.13. The summed E-state index contributed by atoms with van der Waals surface area (Å²) in [6.45, 7) is 5.24. The predicted molar refractivity (Wildman–Crippen MR) is 119 cm³/mol. The number of aromatic nitrogens is 1. The quantitative estimate of drug-likeness (QED) is 0.318. The normalized spacial score (nSPS) is 10.6. The number of nitro groups is 1. The number of carbonyl (C=O) groups is 2. The molecule has 0 fully saturated rings. The van der Waals surface area contributed by atoms with E-state index in [0.717, 1.165) is 5.69 Å². The first-order chi connectivity index (χ1) is 15.3. The third kappa shape index (κ3) is 4.83. The van der Waals surface area contributed by atoms with Crippen LogP contribution in [0.2, 0.25) is 0 Å². The molecule has 0 aliphatic carbocycles. The molecule has 0 spiro atoms. The largest absolute Gasteiger partial charge is 0.494 e. The van der Waals surface area contributed by atoms with Gasteiger partial charge in [-0.05, 0) is 44.0 Å². The number of esters is 1. The first-order valence-corrected chi connectivity index (χ1v) is 10.1. The predicted octanol–water partition coefficient (Wildman–Crippen LogP) is 4.21. The van der Waals surface area contributed by atoms with E-state index in [9.17, 15) is 19.7 Å². The van der Waals surface area contributed by atoms with Crippen molar-refractivity contribution in [3.8, 4) is 5.75 Å². The van der Waals surface area contributed by atoms with Gasteiger partial charge in [-0.2, -0.15) is 0 Å². The number of amides is 1. The molecule has 0 saturated heterocycles. The molecule has 1 heterocycles. The molecule has 0 radical (unpaired) electrons. The van der Waals surface area contributed by atoms with Crippen LogP contribution in [-0.2, 0) is 16.0 Å². The summed E-state index contributed by atoms with van der Waals surface area (Å²) in [5.41, 5.74) is 2.14. The maximum absolute atomic E-state index is 12.8. The number of fused-ring (bicyclic) bond motifs is 1. The Morgan fingerprint density at radius 2 is 1.91 bits per heavy atom. The van der Waals surface area contributed by atoms with Gasteiger partial charge in [0.25, 0.3) is 11.6 Å². The maximum Gasteiger partial charge on any atom is 0.339 e. The van der Waals surface area contributed by atoms with Crippen molar-refractivity contribution in [3.63, 3.8) is 0 Å². The van der Waals surface area contributed by atoms with Gasteiger partial charge in [0.2, 0.25) is 0 Å². The third-order valence-corrected chi connectivity index (χ3v) is 4.86. The molecule has 9 nitrogen and oxygen atoms in total. The number of rotatable bonds is 8. The van der Waals surface area contributed by atoms with Crippen LogP contribution >= 0.6 is 0 Å². The lowest BCUT2D eigenvalue weighted by molar-refractivity contribution is -0.384. The summed E-state index contributed by atoms with van der Waals surface area (Å²) < 4.78 is 10.5. The number of nitrogens with one attached hydrogen (secondary N) is 1. The van der Waals surface area contributed by atoms with E-state index in [2.05, 4.69) is 10.3 Å². The van der Waals surface area contributed by atoms with Crippen molar-refractivity contribution in [2.24, 2.45) is 0 Å². The molecular weight excluding hydrogens is 414 g/mol. The number of anilines is 1. The lowest BCUT2D eigenvalue weighted by atomic mass is 10.0. The Morgan fingerprint density at radius 1 is 1.16 bits per heavy atom. The van der Waals surface area contributed by atoms with Gasteiger partial charge in [0.1, 0.15) is 11.4 Å². The minimum absolute atomic E-state index is 0.0155. The fourth-order valence-electron chi connectivity index (χ4n) is 3.38. The number of carbonyl (C=O) groups excluding carboxylic acids is 2. The van der Waals surface area contributed by atoms with E-state index < -0.39 is 23.4 Å². The van der Waals surface area contributed by atoms with Crippen LogP contribution in [0.15, 0.2) is 42.5 Å². The van der Waals surface area contributed by atoms with Gasteiger partial charge in [-0.15, -0.1) is 0 Å². The van der Waals surface area contributed by atoms with Crippen LogP contribution in [0, 0.1) is 17.0 Å². The standard InChI is InChI=1S/C23H23N3O6/c1-4-17-14(3)22(16-8-6-7-9-18(16)24-17)23(28)32-13-21(27)25-19-11-10-15(31-5-2)12-20(19)26(29)30/h6-12H,4-5,13H2,1-3H3,(H,25,27). The number of benzene rings is 2. The molecule has 0 aliphatic heterocycles. The smallest absolute Gasteiger partial charge is 0.339 e. The molecular formula is C23H23N3O6. The SMILES string of the molecule is CCOc1ccc(NC(=O)COC(=O)c2c(C)c(CC)nc3ccccc23)c([N+](=O)[O-])c1. The summed E-state index contributed by atoms with van der Waals surface area (Å²) in [4.78, 5) is 40.5. The molecule has 3 rings (SSSR count). The zero-order valence-corrected chi connectivity index (χ0v) is 18.0. The highest BCUT2D eigenvalue weighted by atomic mass is 16.6. The molecule has 0 saturated carbocycles. The van der Waals surface area contributed by atoms with E-state index >= 15 is 0 Å². The van der Waals surface area contributed by atoms with Crippen LogP contribution in [0.25, 0.3) is 10.9 Å². The van der Waals surface area contributed by atoms with Gasteiger partial charge in [0, 0.05) is 11.1 Å². The van der Waals surface area contributed by atoms with Crippen LogP contribution in [0.3, 0.4) is 0 Å². The van der Waals surface area contributed by atoms with Gasteiger partial charge in [-0.1, -0.05) is 25.1 Å². The Labute approximate surface area is 184 Å². The zero-order valence-electron chi connectivity index (χ0n) is 18.0. The molecule has 2 aromatic carbocycles. The van der Waals surface area contributed by atoms with Gasteiger partial charge in [0.05, 0.1) is 28.7 Å². The first kappa shape index (κ1) is 22.7. The molecule has 166 valence electrons. The summed E-state index contributed by atoms with van der Waals surface area (Å²) in [5.74, 6) is -1.04. The number of nitro benzene ring substituents is 1. The molecule has 0 atom stereocenters. The van der Waals surface area contributed by atoms with E-state index in [4.69, 9.17) is 9.47 Å². The van der Waals surface area contributed by atoms with Crippen molar-refractivity contribution >= 4 is 34.2 Å². The van der Waals surface area contributed by atoms with E-state index in [0.29, 0.717) is 40.8 Å². The van der Waals surface area contributed by atoms with Gasteiger partial charge >= 0.3 is 5.97 Å². The number of ether oxygens (including phenoxy) is 2. The summed E-state index contributed by atoms with van der Waals surface area (Å²) in [7, 11) is 0. The van der Waals surface area contributed by atoms with Crippen molar-refractivity contribution in [3.05, 3.63) is 69.4 Å². The van der Waals surface area contributed by atoms with Crippen LogP contribution in [0.1, 0.15) is 35.5 Å². The Bertz CT molecular complexity index is 1190.